The average molecular weight is 397 g/mol. The molecule has 1 atom stereocenters. The van der Waals surface area contributed by atoms with Crippen LogP contribution in [0.3, 0.4) is 0 Å². The smallest absolute Gasteiger partial charge is 0.323 e. The Balaban J connectivity index is 1.88. The molecule has 0 bridgehead atoms. The van der Waals surface area contributed by atoms with Crippen LogP contribution in [0.25, 0.3) is 0 Å². The molecule has 0 radical (unpaired) electrons. The average Bonchev–Trinajstić information content (AvgIpc) is 2.78. The molecule has 150 valence electrons. The van der Waals surface area contributed by atoms with Crippen molar-refractivity contribution in [2.24, 2.45) is 0 Å². The fraction of sp³-hybridized carbons (Fsp3) is 0.667. The zero-order valence-electron chi connectivity index (χ0n) is 16.2. The summed E-state index contributed by atoms with van der Waals surface area (Å²) in [6.45, 7) is 6.84. The molecule has 2 N–H and O–H groups in total. The summed E-state index contributed by atoms with van der Waals surface area (Å²) >= 11 is 1.49. The predicted molar refractivity (Wildman–Crippen MR) is 104 cm³/mol. The number of nitrogens with zero attached hydrogens (tertiary/aromatic N) is 3. The van der Waals surface area contributed by atoms with Crippen LogP contribution in [-0.4, -0.2) is 69.9 Å². The second-order valence-electron chi connectivity index (χ2n) is 6.83. The van der Waals surface area contributed by atoms with Gasteiger partial charge in [-0.25, -0.2) is 4.98 Å². The lowest BCUT2D eigenvalue weighted by atomic mass is 10.1. The molecule has 1 aliphatic heterocycles. The third-order valence-electron chi connectivity index (χ3n) is 4.78. The molecule has 0 spiro atoms. The highest BCUT2D eigenvalue weighted by molar-refractivity contribution is 7.15. The maximum absolute atomic E-state index is 12.3. The van der Waals surface area contributed by atoms with E-state index < -0.39 is 5.97 Å². The first-order valence-electron chi connectivity index (χ1n) is 9.27. The number of aryl methyl sites for hydroxylation is 2. The number of hydrogen-bond acceptors (Lipinski definition) is 6. The second-order valence-corrected chi connectivity index (χ2v) is 8.03. The van der Waals surface area contributed by atoms with E-state index in [9.17, 15) is 14.4 Å². The van der Waals surface area contributed by atoms with Crippen LogP contribution in [0, 0.1) is 6.92 Å². The van der Waals surface area contributed by atoms with Crippen molar-refractivity contribution in [2.75, 3.05) is 31.5 Å². The highest BCUT2D eigenvalue weighted by atomic mass is 32.1. The number of carbonyl (C=O) groups is 3. The second kappa shape index (κ2) is 9.80. The summed E-state index contributed by atoms with van der Waals surface area (Å²) in [5, 5.41) is 12.5. The summed E-state index contributed by atoms with van der Waals surface area (Å²) in [7, 11) is 0. The summed E-state index contributed by atoms with van der Waals surface area (Å²) in [5.74, 6) is -1.32. The van der Waals surface area contributed by atoms with Crippen LogP contribution in [0.5, 0.6) is 0 Å². The summed E-state index contributed by atoms with van der Waals surface area (Å²) < 4.78 is 0. The van der Waals surface area contributed by atoms with Gasteiger partial charge in [0.15, 0.2) is 5.13 Å². The molecule has 1 aromatic rings. The Morgan fingerprint density at radius 1 is 1.33 bits per heavy atom. The van der Waals surface area contributed by atoms with Gasteiger partial charge < -0.3 is 15.3 Å². The molecule has 0 aliphatic carbocycles. The number of nitrogens with one attached hydrogen (secondary N) is 1. The van der Waals surface area contributed by atoms with Crippen LogP contribution in [-0.2, 0) is 20.8 Å². The number of likely N-dealkylation sites (tertiary alicyclic amines) is 1. The monoisotopic (exact) mass is 396 g/mol. The first kappa shape index (κ1) is 21.3. The molecule has 1 saturated heterocycles. The number of hydrogen-bond donors (Lipinski definition) is 2. The van der Waals surface area contributed by atoms with Gasteiger partial charge in [0.2, 0.25) is 11.8 Å². The molecule has 2 heterocycles. The van der Waals surface area contributed by atoms with Crippen LogP contribution in [0.4, 0.5) is 5.13 Å². The van der Waals surface area contributed by atoms with Crippen molar-refractivity contribution in [3.05, 3.63) is 10.6 Å². The van der Waals surface area contributed by atoms with Crippen LogP contribution >= 0.6 is 11.3 Å². The number of rotatable bonds is 7. The van der Waals surface area contributed by atoms with Gasteiger partial charge in [0.05, 0.1) is 12.2 Å². The van der Waals surface area contributed by atoms with Gasteiger partial charge in [-0.05, 0) is 39.2 Å². The first-order chi connectivity index (χ1) is 12.8. The van der Waals surface area contributed by atoms with Gasteiger partial charge in [-0.2, -0.15) is 0 Å². The highest BCUT2D eigenvalue weighted by Crippen LogP contribution is 2.22. The van der Waals surface area contributed by atoms with E-state index in [4.69, 9.17) is 5.11 Å². The Kier molecular flexibility index (Phi) is 7.73. The lowest BCUT2D eigenvalue weighted by molar-refractivity contribution is -0.145. The largest absolute Gasteiger partial charge is 0.480 e. The summed E-state index contributed by atoms with van der Waals surface area (Å²) in [6.07, 6.45) is 3.07. The number of carbonyl (C=O) groups excluding carboxylic acids is 2. The first-order valence-corrected chi connectivity index (χ1v) is 10.1. The maximum atomic E-state index is 12.3. The topological polar surface area (TPSA) is 103 Å². The summed E-state index contributed by atoms with van der Waals surface area (Å²) in [6, 6.07) is -0.0969. The molecule has 2 rings (SSSR count). The molecule has 27 heavy (non-hydrogen) atoms. The minimum Gasteiger partial charge on any atom is -0.480 e. The minimum atomic E-state index is -1.00. The number of thiazole rings is 1. The Hall–Kier alpha value is -2.00. The van der Waals surface area contributed by atoms with Crippen LogP contribution in [0.2, 0.25) is 0 Å². The zero-order valence-corrected chi connectivity index (χ0v) is 17.0. The van der Waals surface area contributed by atoms with Gasteiger partial charge in [-0.3, -0.25) is 19.3 Å². The molecule has 2 amide bonds. The number of amides is 2. The van der Waals surface area contributed by atoms with Gasteiger partial charge in [0, 0.05) is 24.4 Å². The van der Waals surface area contributed by atoms with Crippen molar-refractivity contribution in [2.45, 2.75) is 52.5 Å². The van der Waals surface area contributed by atoms with Crippen molar-refractivity contribution < 1.29 is 19.5 Å². The van der Waals surface area contributed by atoms with E-state index in [1.807, 2.05) is 13.8 Å². The van der Waals surface area contributed by atoms with Gasteiger partial charge in [0.25, 0.3) is 0 Å². The predicted octanol–water partition coefficient (Wildman–Crippen LogP) is 1.74. The van der Waals surface area contributed by atoms with E-state index in [0.717, 1.165) is 36.4 Å². The van der Waals surface area contributed by atoms with E-state index in [1.54, 1.807) is 0 Å². The third kappa shape index (κ3) is 6.28. The molecule has 0 saturated carbocycles. The van der Waals surface area contributed by atoms with Crippen molar-refractivity contribution in [3.8, 4) is 0 Å². The van der Waals surface area contributed by atoms with E-state index in [0.29, 0.717) is 18.1 Å². The van der Waals surface area contributed by atoms with Crippen molar-refractivity contribution in [1.82, 2.24) is 14.8 Å². The van der Waals surface area contributed by atoms with Gasteiger partial charge in [-0.15, -0.1) is 11.3 Å². The lowest BCUT2D eigenvalue weighted by Crippen LogP contribution is -2.43. The van der Waals surface area contributed by atoms with E-state index in [1.165, 1.54) is 23.2 Å². The molecule has 1 aliphatic rings. The summed E-state index contributed by atoms with van der Waals surface area (Å²) in [5.41, 5.74) is 1.01. The number of aromatic nitrogens is 1. The van der Waals surface area contributed by atoms with Crippen LogP contribution < -0.4 is 5.32 Å². The number of aliphatic carboxylic acids is 1. The van der Waals surface area contributed by atoms with Crippen molar-refractivity contribution in [3.63, 3.8) is 0 Å². The molecule has 1 aromatic heterocycles. The Morgan fingerprint density at radius 3 is 2.67 bits per heavy atom. The van der Waals surface area contributed by atoms with Crippen LogP contribution in [0.15, 0.2) is 0 Å². The molecular formula is C18H28N4O4S. The molecule has 1 fully saturated rings. The van der Waals surface area contributed by atoms with E-state index in [-0.39, 0.29) is 30.9 Å². The normalized spacial score (nSPS) is 18.0. The highest BCUT2D eigenvalue weighted by Gasteiger charge is 2.26. The lowest BCUT2D eigenvalue weighted by Gasteiger charge is -2.28. The zero-order chi connectivity index (χ0) is 20.0. The fourth-order valence-corrected chi connectivity index (χ4v) is 4.34. The summed E-state index contributed by atoms with van der Waals surface area (Å²) in [4.78, 5) is 44.2. The number of anilines is 1. The van der Waals surface area contributed by atoms with Crippen molar-refractivity contribution in [1.29, 1.82) is 0 Å². The quantitative estimate of drug-likeness (QED) is 0.728. The third-order valence-corrected chi connectivity index (χ3v) is 5.71. The Morgan fingerprint density at radius 2 is 2.07 bits per heavy atom. The Bertz CT molecular complexity index is 691. The number of carboxylic acids is 1. The molecule has 8 nitrogen and oxygen atoms in total. The molecule has 9 heteroatoms. The standard InChI is InChI=1S/C18H28N4O4S/c1-4-15-12(2)27-18(19-15)20-16(24)10-21-8-5-6-14(7-9-21)22(13(3)23)11-17(25)26/h14H,4-11H2,1-3H3,(H,25,26)(H,19,20,24). The van der Waals surface area contributed by atoms with E-state index in [2.05, 4.69) is 15.2 Å². The van der Waals surface area contributed by atoms with Gasteiger partial charge >= 0.3 is 5.97 Å². The fourth-order valence-electron chi connectivity index (χ4n) is 3.42. The SMILES string of the molecule is CCc1nc(NC(=O)CN2CCCC(N(CC(=O)O)C(C)=O)CC2)sc1C. The van der Waals surface area contributed by atoms with Crippen LogP contribution in [0.1, 0.15) is 43.7 Å². The Labute approximate surface area is 163 Å². The maximum Gasteiger partial charge on any atom is 0.323 e. The number of carboxylic acid groups (broad SMARTS) is 1. The molecule has 1 unspecified atom stereocenters. The molecular weight excluding hydrogens is 368 g/mol. The minimum absolute atomic E-state index is 0.0969. The van der Waals surface area contributed by atoms with Gasteiger partial charge in [-0.1, -0.05) is 6.92 Å². The van der Waals surface area contributed by atoms with Crippen molar-refractivity contribution >= 4 is 34.3 Å². The van der Waals surface area contributed by atoms with E-state index >= 15 is 0 Å². The molecule has 0 aromatic carbocycles. The van der Waals surface area contributed by atoms with Gasteiger partial charge in [0.1, 0.15) is 6.54 Å².